The van der Waals surface area contributed by atoms with E-state index in [2.05, 4.69) is 0 Å². The minimum atomic E-state index is -3.86. The van der Waals surface area contributed by atoms with E-state index in [9.17, 15) is 25.6 Å². The van der Waals surface area contributed by atoms with Crippen LogP contribution < -0.4 is 0 Å². The molecular weight excluding hydrogens is 410 g/mol. The van der Waals surface area contributed by atoms with Gasteiger partial charge in [0.15, 0.2) is 0 Å². The molecule has 0 amide bonds. The van der Waals surface area contributed by atoms with Gasteiger partial charge in [-0.3, -0.25) is 0 Å². The molecule has 0 N–H and O–H groups in total. The number of halogens is 2. The number of hydrogen-bond acceptors (Lipinski definition) is 4. The van der Waals surface area contributed by atoms with Crippen molar-refractivity contribution in [3.8, 4) is 0 Å². The summed E-state index contributed by atoms with van der Waals surface area (Å²) in [6.07, 6.45) is 0. The Balaban J connectivity index is 1.80. The fourth-order valence-corrected chi connectivity index (χ4v) is 6.49. The van der Waals surface area contributed by atoms with Gasteiger partial charge in [0.25, 0.3) is 0 Å². The zero-order valence-electron chi connectivity index (χ0n) is 15.4. The largest absolute Gasteiger partial charge is 0.243 e. The zero-order valence-corrected chi connectivity index (χ0v) is 17.0. The molecule has 2 aromatic carbocycles. The smallest absolute Gasteiger partial charge is 0.207 e. The van der Waals surface area contributed by atoms with Gasteiger partial charge in [-0.1, -0.05) is 0 Å². The van der Waals surface area contributed by atoms with E-state index >= 15 is 0 Å². The molecule has 3 rings (SSSR count). The third kappa shape index (κ3) is 3.82. The van der Waals surface area contributed by atoms with Crippen LogP contribution in [-0.4, -0.2) is 51.6 Å². The van der Waals surface area contributed by atoms with E-state index in [1.807, 2.05) is 0 Å². The van der Waals surface area contributed by atoms with Crippen LogP contribution in [0.3, 0.4) is 0 Å². The van der Waals surface area contributed by atoms with Crippen molar-refractivity contribution in [3.05, 3.63) is 59.2 Å². The van der Waals surface area contributed by atoms with Crippen molar-refractivity contribution in [2.45, 2.75) is 23.6 Å². The molecule has 1 aliphatic rings. The maximum absolute atomic E-state index is 13.3. The van der Waals surface area contributed by atoms with E-state index in [0.717, 1.165) is 24.3 Å². The molecule has 0 radical (unpaired) electrons. The first-order valence-electron chi connectivity index (χ1n) is 8.56. The number of sulfonamides is 2. The van der Waals surface area contributed by atoms with Gasteiger partial charge in [-0.15, -0.1) is 0 Å². The molecule has 28 heavy (non-hydrogen) atoms. The van der Waals surface area contributed by atoms with Crippen LogP contribution in [-0.2, 0) is 20.0 Å². The Morgan fingerprint density at radius 2 is 1.00 bits per heavy atom. The monoisotopic (exact) mass is 430 g/mol. The molecule has 0 unspecified atom stereocenters. The molecule has 1 heterocycles. The molecule has 6 nitrogen and oxygen atoms in total. The molecule has 2 aromatic rings. The highest BCUT2D eigenvalue weighted by molar-refractivity contribution is 7.89. The number of benzene rings is 2. The lowest BCUT2D eigenvalue weighted by atomic mass is 10.2. The summed E-state index contributed by atoms with van der Waals surface area (Å²) in [7, 11) is -7.72. The molecule has 1 aliphatic heterocycles. The Hall–Kier alpha value is -1.88. The van der Waals surface area contributed by atoms with E-state index in [1.54, 1.807) is 0 Å². The normalized spacial score (nSPS) is 17.0. The minimum Gasteiger partial charge on any atom is -0.207 e. The number of rotatable bonds is 4. The number of aryl methyl sites for hydroxylation is 2. The first kappa shape index (κ1) is 20.8. The topological polar surface area (TPSA) is 74.8 Å². The molecule has 0 atom stereocenters. The van der Waals surface area contributed by atoms with Gasteiger partial charge in [-0.05, 0) is 61.4 Å². The molecule has 0 spiro atoms. The highest BCUT2D eigenvalue weighted by Gasteiger charge is 2.34. The summed E-state index contributed by atoms with van der Waals surface area (Å²) >= 11 is 0. The van der Waals surface area contributed by atoms with Gasteiger partial charge in [-0.2, -0.15) is 8.61 Å². The molecule has 1 fully saturated rings. The van der Waals surface area contributed by atoms with Crippen LogP contribution in [0.5, 0.6) is 0 Å². The lowest BCUT2D eigenvalue weighted by Gasteiger charge is -2.33. The van der Waals surface area contributed by atoms with Crippen LogP contribution in [0.25, 0.3) is 0 Å². The third-order valence-corrected chi connectivity index (χ3v) is 8.82. The molecular formula is C18H20F2N2O4S2. The van der Waals surface area contributed by atoms with Crippen LogP contribution in [0.4, 0.5) is 8.78 Å². The highest BCUT2D eigenvalue weighted by atomic mass is 32.2. The third-order valence-electron chi connectivity index (χ3n) is 4.71. The molecule has 10 heteroatoms. The summed E-state index contributed by atoms with van der Waals surface area (Å²) in [5, 5.41) is 0. The van der Waals surface area contributed by atoms with E-state index < -0.39 is 31.7 Å². The fourth-order valence-electron chi connectivity index (χ4n) is 3.23. The quantitative estimate of drug-likeness (QED) is 0.746. The molecule has 0 aromatic heterocycles. The van der Waals surface area contributed by atoms with Crippen LogP contribution >= 0.6 is 0 Å². The van der Waals surface area contributed by atoms with Gasteiger partial charge in [0, 0.05) is 26.2 Å². The number of nitrogens with zero attached hydrogens (tertiary/aromatic N) is 2. The average molecular weight is 430 g/mol. The predicted octanol–water partition coefficient (Wildman–Crippen LogP) is 2.28. The average Bonchev–Trinajstić information content (AvgIpc) is 2.61. The minimum absolute atomic E-state index is 0.000383. The van der Waals surface area contributed by atoms with Crippen molar-refractivity contribution < 1.29 is 25.6 Å². The molecule has 1 saturated heterocycles. The van der Waals surface area contributed by atoms with E-state index in [0.29, 0.717) is 0 Å². The van der Waals surface area contributed by atoms with Crippen LogP contribution in [0, 0.1) is 25.5 Å². The van der Waals surface area contributed by atoms with Gasteiger partial charge >= 0.3 is 0 Å². The van der Waals surface area contributed by atoms with Crippen molar-refractivity contribution in [3.63, 3.8) is 0 Å². The second-order valence-electron chi connectivity index (χ2n) is 6.63. The Bertz CT molecular complexity index is 1020. The summed E-state index contributed by atoms with van der Waals surface area (Å²) in [5.74, 6) is -1.05. The molecule has 0 bridgehead atoms. The first-order valence-corrected chi connectivity index (χ1v) is 11.4. The van der Waals surface area contributed by atoms with E-state index in [-0.39, 0.29) is 47.1 Å². The van der Waals surface area contributed by atoms with Crippen molar-refractivity contribution in [2.75, 3.05) is 26.2 Å². The van der Waals surface area contributed by atoms with E-state index in [4.69, 9.17) is 0 Å². The van der Waals surface area contributed by atoms with Crippen molar-refractivity contribution in [1.29, 1.82) is 0 Å². The Kier molecular flexibility index (Phi) is 5.59. The standard InChI is InChI=1S/C18H20F2N2O4S2/c1-13-11-15(19)3-5-17(13)27(23,24)21-7-9-22(10-8-21)28(25,26)18-6-4-16(20)12-14(18)2/h3-6,11-12H,7-10H2,1-2H3. The summed E-state index contributed by atoms with van der Waals surface area (Å²) in [6, 6.07) is 6.88. The highest BCUT2D eigenvalue weighted by Crippen LogP contribution is 2.25. The van der Waals surface area contributed by atoms with Gasteiger partial charge in [-0.25, -0.2) is 25.6 Å². The maximum Gasteiger partial charge on any atom is 0.243 e. The Morgan fingerprint density at radius 3 is 1.29 bits per heavy atom. The first-order chi connectivity index (χ1) is 13.0. The lowest BCUT2D eigenvalue weighted by Crippen LogP contribution is -2.50. The molecule has 0 saturated carbocycles. The number of hydrogen-bond donors (Lipinski definition) is 0. The Morgan fingerprint density at radius 1 is 0.679 bits per heavy atom. The second kappa shape index (κ2) is 7.51. The lowest BCUT2D eigenvalue weighted by molar-refractivity contribution is 0.272. The van der Waals surface area contributed by atoms with Crippen LogP contribution in [0.2, 0.25) is 0 Å². The summed E-state index contributed by atoms with van der Waals surface area (Å²) in [4.78, 5) is -0.000766. The summed E-state index contributed by atoms with van der Waals surface area (Å²) in [5.41, 5.74) is 0.578. The second-order valence-corrected chi connectivity index (χ2v) is 10.4. The van der Waals surface area contributed by atoms with Crippen molar-refractivity contribution in [1.82, 2.24) is 8.61 Å². The Labute approximate surface area is 163 Å². The summed E-state index contributed by atoms with van der Waals surface area (Å²) < 4.78 is 80.3. The SMILES string of the molecule is Cc1cc(F)ccc1S(=O)(=O)N1CCN(S(=O)(=O)c2ccc(F)cc2C)CC1. The van der Waals surface area contributed by atoms with Gasteiger partial charge in [0.05, 0.1) is 9.79 Å². The van der Waals surface area contributed by atoms with Gasteiger partial charge in [0.1, 0.15) is 11.6 Å². The van der Waals surface area contributed by atoms with Gasteiger partial charge < -0.3 is 0 Å². The number of piperazine rings is 1. The molecule has 0 aliphatic carbocycles. The van der Waals surface area contributed by atoms with E-state index in [1.165, 1.54) is 34.6 Å². The predicted molar refractivity (Wildman–Crippen MR) is 99.8 cm³/mol. The van der Waals surface area contributed by atoms with Crippen LogP contribution in [0.1, 0.15) is 11.1 Å². The summed E-state index contributed by atoms with van der Waals surface area (Å²) in [6.45, 7) is 2.90. The fraction of sp³-hybridized carbons (Fsp3) is 0.333. The maximum atomic E-state index is 13.3. The zero-order chi connectivity index (χ0) is 20.7. The van der Waals surface area contributed by atoms with Crippen molar-refractivity contribution in [2.24, 2.45) is 0 Å². The van der Waals surface area contributed by atoms with Crippen LogP contribution in [0.15, 0.2) is 46.2 Å². The van der Waals surface area contributed by atoms with Gasteiger partial charge in [0.2, 0.25) is 20.0 Å². The molecule has 152 valence electrons. The van der Waals surface area contributed by atoms with Crippen molar-refractivity contribution >= 4 is 20.0 Å².